The van der Waals surface area contributed by atoms with Crippen molar-refractivity contribution in [2.45, 2.75) is 18.9 Å². The molecule has 3 atom stereocenters. The van der Waals surface area contributed by atoms with Crippen molar-refractivity contribution < 1.29 is 13.9 Å². The van der Waals surface area contributed by atoms with Crippen LogP contribution in [0.4, 0.5) is 10.3 Å². The van der Waals surface area contributed by atoms with Gasteiger partial charge < -0.3 is 14.5 Å². The predicted octanol–water partition coefficient (Wildman–Crippen LogP) is 2.68. The number of amides is 1. The topological polar surface area (TPSA) is 58.6 Å². The minimum absolute atomic E-state index is 0.00666. The monoisotopic (exact) mass is 396 g/mol. The van der Waals surface area contributed by atoms with Crippen molar-refractivity contribution in [1.82, 2.24) is 14.9 Å². The fraction of sp³-hybridized carbons (Fsp3) is 0.500. The molecular formula is C22H25FN4O2. The number of carbonyl (C=O) groups is 1. The largest absolute Gasteiger partial charge is 0.381 e. The molecule has 0 aliphatic carbocycles. The first-order chi connectivity index (χ1) is 14.2. The normalized spacial score (nSPS) is 27.3. The highest BCUT2D eigenvalue weighted by Gasteiger charge is 2.50. The first kappa shape index (κ1) is 18.5. The van der Waals surface area contributed by atoms with Crippen LogP contribution in [0.5, 0.6) is 0 Å². The maximum absolute atomic E-state index is 14.0. The summed E-state index contributed by atoms with van der Waals surface area (Å²) in [5, 5.41) is 0. The molecule has 2 aromatic rings. The van der Waals surface area contributed by atoms with E-state index in [0.717, 1.165) is 37.4 Å². The lowest BCUT2D eigenvalue weighted by atomic mass is 9.89. The average molecular weight is 396 g/mol. The lowest BCUT2D eigenvalue weighted by molar-refractivity contribution is -0.140. The lowest BCUT2D eigenvalue weighted by Gasteiger charge is -2.33. The number of rotatable bonds is 3. The van der Waals surface area contributed by atoms with Gasteiger partial charge in [0.1, 0.15) is 5.82 Å². The van der Waals surface area contributed by atoms with Crippen molar-refractivity contribution >= 4 is 11.9 Å². The molecule has 5 rings (SSSR count). The number of likely N-dealkylation sites (tertiary alicyclic amines) is 1. The van der Waals surface area contributed by atoms with E-state index in [1.54, 1.807) is 24.5 Å². The number of carbonyl (C=O) groups excluding carboxylic acids is 1. The van der Waals surface area contributed by atoms with Crippen molar-refractivity contribution in [3.05, 3.63) is 54.1 Å². The first-order valence-corrected chi connectivity index (χ1v) is 10.4. The summed E-state index contributed by atoms with van der Waals surface area (Å²) in [7, 11) is 0. The molecule has 1 aromatic heterocycles. The van der Waals surface area contributed by atoms with Gasteiger partial charge in [-0.3, -0.25) is 4.79 Å². The molecule has 7 heteroatoms. The zero-order chi connectivity index (χ0) is 19.8. The van der Waals surface area contributed by atoms with Gasteiger partial charge in [-0.15, -0.1) is 0 Å². The Morgan fingerprint density at radius 3 is 2.62 bits per heavy atom. The quantitative estimate of drug-likeness (QED) is 0.798. The van der Waals surface area contributed by atoms with Gasteiger partial charge in [0.05, 0.1) is 6.04 Å². The van der Waals surface area contributed by atoms with Crippen LogP contribution < -0.4 is 4.90 Å². The Morgan fingerprint density at radius 1 is 1.07 bits per heavy atom. The molecule has 3 aliphatic rings. The lowest BCUT2D eigenvalue weighted by Crippen LogP contribution is -2.41. The Morgan fingerprint density at radius 2 is 1.86 bits per heavy atom. The van der Waals surface area contributed by atoms with Crippen LogP contribution in [-0.4, -0.2) is 53.6 Å². The van der Waals surface area contributed by atoms with E-state index < -0.39 is 0 Å². The van der Waals surface area contributed by atoms with Crippen LogP contribution in [0.1, 0.15) is 24.4 Å². The highest BCUT2D eigenvalue weighted by Crippen LogP contribution is 2.46. The zero-order valence-corrected chi connectivity index (χ0v) is 16.3. The van der Waals surface area contributed by atoms with Crippen LogP contribution in [0.3, 0.4) is 0 Å². The fourth-order valence-electron chi connectivity index (χ4n) is 5.19. The predicted molar refractivity (Wildman–Crippen MR) is 106 cm³/mol. The Kier molecular flexibility index (Phi) is 4.91. The average Bonchev–Trinajstić information content (AvgIpc) is 3.32. The van der Waals surface area contributed by atoms with E-state index in [0.29, 0.717) is 25.7 Å². The van der Waals surface area contributed by atoms with Crippen molar-refractivity contribution in [2.24, 2.45) is 17.8 Å². The molecule has 4 heterocycles. The minimum atomic E-state index is -0.259. The maximum atomic E-state index is 14.0. The Labute approximate surface area is 169 Å². The highest BCUT2D eigenvalue weighted by atomic mass is 19.1. The van der Waals surface area contributed by atoms with Gasteiger partial charge in [0.15, 0.2) is 0 Å². The molecule has 3 saturated heterocycles. The Balaban J connectivity index is 1.44. The number of benzene rings is 1. The minimum Gasteiger partial charge on any atom is -0.381 e. The molecule has 3 aliphatic heterocycles. The molecule has 3 fully saturated rings. The summed E-state index contributed by atoms with van der Waals surface area (Å²) in [5.41, 5.74) is 0.883. The molecule has 1 amide bonds. The SMILES string of the molecule is O=C(C1CCOCC1)N1C[C@@H]2CN(c3ncccn3)C[C@@H]2[C@@H]1c1cccc(F)c1. The molecule has 0 spiro atoms. The van der Waals surface area contributed by atoms with Gasteiger partial charge in [-0.1, -0.05) is 12.1 Å². The third-order valence-corrected chi connectivity index (χ3v) is 6.54. The molecule has 152 valence electrons. The molecule has 0 N–H and O–H groups in total. The van der Waals surface area contributed by atoms with E-state index in [9.17, 15) is 9.18 Å². The first-order valence-electron chi connectivity index (χ1n) is 10.4. The van der Waals surface area contributed by atoms with Crippen LogP contribution in [0.15, 0.2) is 42.7 Å². The molecule has 0 unspecified atom stereocenters. The van der Waals surface area contributed by atoms with E-state index in [4.69, 9.17) is 4.74 Å². The van der Waals surface area contributed by atoms with Crippen molar-refractivity contribution in [1.29, 1.82) is 0 Å². The summed E-state index contributed by atoms with van der Waals surface area (Å²) in [6, 6.07) is 8.42. The molecule has 29 heavy (non-hydrogen) atoms. The summed E-state index contributed by atoms with van der Waals surface area (Å²) in [4.78, 5) is 26.4. The Hall–Kier alpha value is -2.54. The van der Waals surface area contributed by atoms with Crippen molar-refractivity contribution in [3.63, 3.8) is 0 Å². The van der Waals surface area contributed by atoms with Gasteiger partial charge in [0.25, 0.3) is 0 Å². The van der Waals surface area contributed by atoms with E-state index in [1.807, 2.05) is 17.0 Å². The zero-order valence-electron chi connectivity index (χ0n) is 16.3. The molecule has 1 aromatic carbocycles. The van der Waals surface area contributed by atoms with Crippen LogP contribution in [-0.2, 0) is 9.53 Å². The molecule has 0 saturated carbocycles. The van der Waals surface area contributed by atoms with E-state index in [1.165, 1.54) is 6.07 Å². The van der Waals surface area contributed by atoms with E-state index in [-0.39, 0.29) is 29.6 Å². The number of fused-ring (bicyclic) bond motifs is 1. The molecular weight excluding hydrogens is 371 g/mol. The molecule has 0 radical (unpaired) electrons. The second kappa shape index (κ2) is 7.71. The third-order valence-electron chi connectivity index (χ3n) is 6.54. The highest BCUT2D eigenvalue weighted by molar-refractivity contribution is 5.80. The smallest absolute Gasteiger partial charge is 0.226 e. The summed E-state index contributed by atoms with van der Waals surface area (Å²) in [6.45, 7) is 3.57. The summed E-state index contributed by atoms with van der Waals surface area (Å²) >= 11 is 0. The summed E-state index contributed by atoms with van der Waals surface area (Å²) in [6.07, 6.45) is 5.04. The second-order valence-electron chi connectivity index (χ2n) is 8.25. The number of ether oxygens (including phenoxy) is 1. The number of aromatic nitrogens is 2. The van der Waals surface area contributed by atoms with Gasteiger partial charge >= 0.3 is 0 Å². The van der Waals surface area contributed by atoms with Gasteiger partial charge in [-0.2, -0.15) is 0 Å². The number of halogens is 1. The number of anilines is 1. The third kappa shape index (κ3) is 3.48. The maximum Gasteiger partial charge on any atom is 0.226 e. The number of hydrogen-bond donors (Lipinski definition) is 0. The summed E-state index contributed by atoms with van der Waals surface area (Å²) in [5.74, 6) is 1.24. The van der Waals surface area contributed by atoms with Crippen molar-refractivity contribution in [3.8, 4) is 0 Å². The van der Waals surface area contributed by atoms with Gasteiger partial charge in [-0.05, 0) is 36.6 Å². The van der Waals surface area contributed by atoms with Gasteiger partial charge in [-0.25, -0.2) is 14.4 Å². The van der Waals surface area contributed by atoms with Crippen molar-refractivity contribution in [2.75, 3.05) is 37.7 Å². The van der Waals surface area contributed by atoms with Crippen LogP contribution in [0.25, 0.3) is 0 Å². The Bertz CT molecular complexity index is 874. The van der Waals surface area contributed by atoms with Crippen LogP contribution >= 0.6 is 0 Å². The van der Waals surface area contributed by atoms with E-state index >= 15 is 0 Å². The van der Waals surface area contributed by atoms with E-state index in [2.05, 4.69) is 14.9 Å². The number of nitrogens with zero attached hydrogens (tertiary/aromatic N) is 4. The van der Waals surface area contributed by atoms with Gasteiger partial charge in [0.2, 0.25) is 11.9 Å². The summed E-state index contributed by atoms with van der Waals surface area (Å²) < 4.78 is 19.5. The molecule has 6 nitrogen and oxygen atoms in total. The van der Waals surface area contributed by atoms with Gasteiger partial charge in [0, 0.05) is 63.0 Å². The van der Waals surface area contributed by atoms with Crippen LogP contribution in [0, 0.1) is 23.6 Å². The molecule has 0 bridgehead atoms. The number of hydrogen-bond acceptors (Lipinski definition) is 5. The van der Waals surface area contributed by atoms with Crippen LogP contribution in [0.2, 0.25) is 0 Å². The second-order valence-corrected chi connectivity index (χ2v) is 8.25. The standard InChI is InChI=1S/C22H25FN4O2/c23-18-4-1-3-16(11-18)20-19-14-26(22-24-7-2-8-25-22)12-17(19)13-27(20)21(28)15-5-9-29-10-6-15/h1-4,7-8,11,15,17,19-20H,5-6,9-10,12-14H2/t17-,19-,20-/m0/s1. The fourth-order valence-corrected chi connectivity index (χ4v) is 5.19.